The Bertz CT molecular complexity index is 700. The van der Waals surface area contributed by atoms with E-state index in [4.69, 9.17) is 4.74 Å². The number of benzene rings is 1. The number of aryl methyl sites for hydroxylation is 1. The summed E-state index contributed by atoms with van der Waals surface area (Å²) < 4.78 is 31.1. The SMILES string of the molecule is CCOc1cc(C)ccc1CNC(=NC)NCC(C)(C)NS(C)(=O)=O. The fourth-order valence-corrected chi connectivity index (χ4v) is 3.42. The molecule has 142 valence electrons. The average Bonchev–Trinajstić information content (AvgIpc) is 2.47. The van der Waals surface area contributed by atoms with Crippen molar-refractivity contribution >= 4 is 16.0 Å². The summed E-state index contributed by atoms with van der Waals surface area (Å²) in [4.78, 5) is 4.17. The summed E-state index contributed by atoms with van der Waals surface area (Å²) in [7, 11) is -1.60. The second-order valence-electron chi connectivity index (χ2n) is 6.58. The van der Waals surface area contributed by atoms with Gasteiger partial charge >= 0.3 is 0 Å². The highest BCUT2D eigenvalue weighted by Crippen LogP contribution is 2.20. The number of ether oxygens (including phenoxy) is 1. The van der Waals surface area contributed by atoms with Crippen LogP contribution in [-0.2, 0) is 16.6 Å². The molecule has 0 amide bonds. The Morgan fingerprint density at radius 3 is 2.52 bits per heavy atom. The summed E-state index contributed by atoms with van der Waals surface area (Å²) in [5.74, 6) is 1.44. The van der Waals surface area contributed by atoms with E-state index in [-0.39, 0.29) is 0 Å². The van der Waals surface area contributed by atoms with Crippen molar-refractivity contribution < 1.29 is 13.2 Å². The quantitative estimate of drug-likeness (QED) is 0.475. The first-order valence-corrected chi connectivity index (χ1v) is 10.1. The molecule has 1 aromatic carbocycles. The van der Waals surface area contributed by atoms with Crippen LogP contribution >= 0.6 is 0 Å². The van der Waals surface area contributed by atoms with Crippen LogP contribution in [0.5, 0.6) is 5.75 Å². The summed E-state index contributed by atoms with van der Waals surface area (Å²) in [5, 5.41) is 6.36. The van der Waals surface area contributed by atoms with Gasteiger partial charge in [0.05, 0.1) is 12.9 Å². The maximum atomic E-state index is 11.4. The van der Waals surface area contributed by atoms with Gasteiger partial charge < -0.3 is 15.4 Å². The van der Waals surface area contributed by atoms with E-state index in [1.54, 1.807) is 7.05 Å². The fourth-order valence-electron chi connectivity index (χ4n) is 2.34. The summed E-state index contributed by atoms with van der Waals surface area (Å²) in [5.41, 5.74) is 1.54. The second-order valence-corrected chi connectivity index (χ2v) is 8.33. The molecule has 0 heterocycles. The molecule has 0 aliphatic rings. The highest BCUT2D eigenvalue weighted by molar-refractivity contribution is 7.88. The van der Waals surface area contributed by atoms with Crippen molar-refractivity contribution in [3.05, 3.63) is 29.3 Å². The van der Waals surface area contributed by atoms with Gasteiger partial charge in [-0.3, -0.25) is 4.99 Å². The molecular weight excluding hydrogens is 340 g/mol. The Kier molecular flexibility index (Phi) is 7.69. The van der Waals surface area contributed by atoms with Crippen molar-refractivity contribution in [2.75, 3.05) is 26.5 Å². The Labute approximate surface area is 151 Å². The minimum atomic E-state index is -3.27. The normalized spacial score (nSPS) is 12.8. The molecule has 0 fully saturated rings. The summed E-state index contributed by atoms with van der Waals surface area (Å²) >= 11 is 0. The van der Waals surface area contributed by atoms with Gasteiger partial charge in [0.15, 0.2) is 5.96 Å². The van der Waals surface area contributed by atoms with E-state index in [9.17, 15) is 8.42 Å². The van der Waals surface area contributed by atoms with Crippen molar-refractivity contribution in [2.45, 2.75) is 39.8 Å². The number of guanidine groups is 1. The van der Waals surface area contributed by atoms with Crippen molar-refractivity contribution in [3.8, 4) is 5.75 Å². The molecule has 0 aliphatic heterocycles. The van der Waals surface area contributed by atoms with Gasteiger partial charge in [-0.1, -0.05) is 12.1 Å². The molecule has 1 rings (SSSR count). The lowest BCUT2D eigenvalue weighted by Gasteiger charge is -2.26. The van der Waals surface area contributed by atoms with Crippen LogP contribution in [0.2, 0.25) is 0 Å². The molecule has 0 unspecified atom stereocenters. The maximum Gasteiger partial charge on any atom is 0.209 e. The lowest BCUT2D eigenvalue weighted by atomic mass is 10.1. The number of hydrogen-bond acceptors (Lipinski definition) is 4. The van der Waals surface area contributed by atoms with Crippen LogP contribution in [0.4, 0.5) is 0 Å². The van der Waals surface area contributed by atoms with Crippen molar-refractivity contribution in [3.63, 3.8) is 0 Å². The van der Waals surface area contributed by atoms with Gasteiger partial charge in [-0.15, -0.1) is 0 Å². The molecule has 0 bridgehead atoms. The van der Waals surface area contributed by atoms with Crippen LogP contribution in [0.25, 0.3) is 0 Å². The van der Waals surface area contributed by atoms with Gasteiger partial charge in [0.25, 0.3) is 0 Å². The lowest BCUT2D eigenvalue weighted by molar-refractivity contribution is 0.336. The molecule has 0 aromatic heterocycles. The molecule has 8 heteroatoms. The monoisotopic (exact) mass is 370 g/mol. The van der Waals surface area contributed by atoms with Gasteiger partial charge in [-0.05, 0) is 39.3 Å². The standard InChI is InChI=1S/C17H30N4O3S/c1-7-24-15-10-13(2)8-9-14(15)11-19-16(18-5)20-12-17(3,4)21-25(6,22)23/h8-10,21H,7,11-12H2,1-6H3,(H2,18,19,20). The van der Waals surface area contributed by atoms with Crippen molar-refractivity contribution in [2.24, 2.45) is 4.99 Å². The maximum absolute atomic E-state index is 11.4. The third kappa shape index (κ3) is 8.22. The number of aliphatic imine (C=N–C) groups is 1. The minimum Gasteiger partial charge on any atom is -0.494 e. The Morgan fingerprint density at radius 1 is 1.28 bits per heavy atom. The predicted molar refractivity (Wildman–Crippen MR) is 103 cm³/mol. The van der Waals surface area contributed by atoms with Crippen molar-refractivity contribution in [1.29, 1.82) is 0 Å². The molecular formula is C17H30N4O3S. The zero-order valence-corrected chi connectivity index (χ0v) is 16.8. The van der Waals surface area contributed by atoms with Gasteiger partial charge in [0, 0.05) is 31.2 Å². The van der Waals surface area contributed by atoms with Crippen molar-refractivity contribution in [1.82, 2.24) is 15.4 Å². The molecule has 0 spiro atoms. The number of sulfonamides is 1. The van der Waals surface area contributed by atoms with Gasteiger partial charge in [-0.25, -0.2) is 13.1 Å². The van der Waals surface area contributed by atoms with Crippen LogP contribution in [0.3, 0.4) is 0 Å². The Morgan fingerprint density at radius 2 is 1.96 bits per heavy atom. The first-order valence-electron chi connectivity index (χ1n) is 8.22. The van der Waals surface area contributed by atoms with Crippen LogP contribution in [0, 0.1) is 6.92 Å². The first-order chi connectivity index (χ1) is 11.6. The van der Waals surface area contributed by atoms with E-state index in [0.29, 0.717) is 25.7 Å². The van der Waals surface area contributed by atoms with Crippen LogP contribution in [0.1, 0.15) is 31.9 Å². The molecule has 3 N–H and O–H groups in total. The summed E-state index contributed by atoms with van der Waals surface area (Å²) in [6, 6.07) is 6.07. The van der Waals surface area contributed by atoms with Crippen LogP contribution in [0.15, 0.2) is 23.2 Å². The zero-order valence-electron chi connectivity index (χ0n) is 15.9. The fraction of sp³-hybridized carbons (Fsp3) is 0.588. The number of nitrogens with one attached hydrogen (secondary N) is 3. The van der Waals surface area contributed by atoms with Crippen LogP contribution in [-0.4, -0.2) is 46.4 Å². The number of nitrogens with zero attached hydrogens (tertiary/aromatic N) is 1. The number of rotatable bonds is 8. The highest BCUT2D eigenvalue weighted by Gasteiger charge is 2.22. The van der Waals surface area contributed by atoms with E-state index < -0.39 is 15.6 Å². The molecule has 1 aromatic rings. The molecule has 0 saturated heterocycles. The smallest absolute Gasteiger partial charge is 0.209 e. The van der Waals surface area contributed by atoms with Crippen LogP contribution < -0.4 is 20.1 Å². The molecule has 7 nitrogen and oxygen atoms in total. The van der Waals surface area contributed by atoms with E-state index in [1.165, 1.54) is 0 Å². The van der Waals surface area contributed by atoms with Gasteiger partial charge in [0.1, 0.15) is 5.75 Å². The zero-order chi connectivity index (χ0) is 19.1. The van der Waals surface area contributed by atoms with E-state index in [1.807, 2.05) is 45.9 Å². The topological polar surface area (TPSA) is 91.8 Å². The molecule has 25 heavy (non-hydrogen) atoms. The Hall–Kier alpha value is -1.80. The Balaban J connectivity index is 2.66. The van der Waals surface area contributed by atoms with Gasteiger partial charge in [-0.2, -0.15) is 0 Å². The molecule has 0 atom stereocenters. The van der Waals surface area contributed by atoms with E-state index >= 15 is 0 Å². The van der Waals surface area contributed by atoms with Gasteiger partial charge in [0.2, 0.25) is 10.0 Å². The lowest BCUT2D eigenvalue weighted by Crippen LogP contribution is -2.52. The summed E-state index contributed by atoms with van der Waals surface area (Å²) in [6.07, 6.45) is 1.15. The highest BCUT2D eigenvalue weighted by atomic mass is 32.2. The van der Waals surface area contributed by atoms with E-state index in [2.05, 4.69) is 20.3 Å². The summed E-state index contributed by atoms with van der Waals surface area (Å²) in [6.45, 7) is 9.15. The van der Waals surface area contributed by atoms with E-state index in [0.717, 1.165) is 23.1 Å². The third-order valence-corrected chi connectivity index (χ3v) is 4.28. The minimum absolute atomic E-state index is 0.395. The second kappa shape index (κ2) is 9.05. The number of hydrogen-bond donors (Lipinski definition) is 3. The molecule has 0 aliphatic carbocycles. The largest absolute Gasteiger partial charge is 0.494 e. The molecule has 0 saturated carbocycles. The first kappa shape index (κ1) is 21.2. The predicted octanol–water partition coefficient (Wildman–Crippen LogP) is 1.39. The third-order valence-electron chi connectivity index (χ3n) is 3.35. The average molecular weight is 371 g/mol. The molecule has 0 radical (unpaired) electrons.